The fourth-order valence-corrected chi connectivity index (χ4v) is 8.37. The largest absolute Gasteiger partial charge is 0.466 e. The average Bonchev–Trinajstić information content (AvgIpc) is 3.28. The Kier molecular flexibility index (Phi) is 51.1. The zero-order valence-electron chi connectivity index (χ0n) is 42.1. The molecule has 0 aliphatic heterocycles. The second kappa shape index (κ2) is 52.7. The number of allylic oxidation sites excluding steroid dienone is 6. The van der Waals surface area contributed by atoms with Crippen LogP contribution in [0.4, 0.5) is 0 Å². The highest BCUT2D eigenvalue weighted by Gasteiger charge is 2.20. The summed E-state index contributed by atoms with van der Waals surface area (Å²) in [5.41, 5.74) is 0. The molecule has 6 heteroatoms. The van der Waals surface area contributed by atoms with Gasteiger partial charge in [0.1, 0.15) is 0 Å². The Balaban J connectivity index is 3.50. The third-order valence-corrected chi connectivity index (χ3v) is 12.7. The Morgan fingerprint density at radius 1 is 0.444 bits per heavy atom. The molecule has 0 spiro atoms. The van der Waals surface area contributed by atoms with E-state index in [4.69, 9.17) is 4.74 Å². The third-order valence-electron chi connectivity index (χ3n) is 12.7. The summed E-state index contributed by atoms with van der Waals surface area (Å²) in [6.45, 7) is 4.90. The molecule has 0 saturated carbocycles. The van der Waals surface area contributed by atoms with Crippen LogP contribution in [0.5, 0.6) is 0 Å². The van der Waals surface area contributed by atoms with Crippen LogP contribution in [0.15, 0.2) is 36.5 Å². The van der Waals surface area contributed by atoms with Gasteiger partial charge in [0.25, 0.3) is 0 Å². The zero-order valence-corrected chi connectivity index (χ0v) is 42.1. The van der Waals surface area contributed by atoms with Crippen LogP contribution >= 0.6 is 0 Å². The smallest absolute Gasteiger partial charge is 0.305 e. The minimum atomic E-state index is -0.675. The maximum Gasteiger partial charge on any atom is 0.305 e. The van der Waals surface area contributed by atoms with Gasteiger partial charge in [0, 0.05) is 12.8 Å². The zero-order chi connectivity index (χ0) is 45.8. The lowest BCUT2D eigenvalue weighted by Gasteiger charge is -2.22. The molecule has 3 N–H and O–H groups in total. The monoisotopic (exact) mass is 886 g/mol. The van der Waals surface area contributed by atoms with Gasteiger partial charge in [0.05, 0.1) is 25.4 Å². The van der Waals surface area contributed by atoms with Crippen molar-refractivity contribution in [1.82, 2.24) is 5.32 Å². The molecule has 2 atom stereocenters. The molecule has 0 rings (SSSR count). The molecule has 0 aromatic rings. The molecule has 0 fully saturated rings. The summed E-state index contributed by atoms with van der Waals surface area (Å²) >= 11 is 0. The topological polar surface area (TPSA) is 95.9 Å². The quantitative estimate of drug-likeness (QED) is 0.0321. The van der Waals surface area contributed by atoms with Crippen molar-refractivity contribution in [3.63, 3.8) is 0 Å². The molecule has 0 bridgehead atoms. The van der Waals surface area contributed by atoms with Crippen molar-refractivity contribution in [2.45, 2.75) is 302 Å². The van der Waals surface area contributed by atoms with Gasteiger partial charge in [-0.1, -0.05) is 224 Å². The molecule has 63 heavy (non-hydrogen) atoms. The predicted octanol–water partition coefficient (Wildman–Crippen LogP) is 16.9. The molecule has 6 nitrogen and oxygen atoms in total. The molecule has 370 valence electrons. The van der Waals surface area contributed by atoms with E-state index in [1.54, 1.807) is 0 Å². The number of nitrogens with one attached hydrogen (secondary N) is 1. The number of carbonyl (C=O) groups is 2. The number of rotatable bonds is 51. The van der Waals surface area contributed by atoms with E-state index >= 15 is 0 Å². The Morgan fingerprint density at radius 2 is 0.794 bits per heavy atom. The second-order valence-corrected chi connectivity index (χ2v) is 18.9. The maximum absolute atomic E-state index is 12.5. The van der Waals surface area contributed by atoms with Gasteiger partial charge in [-0.05, 0) is 89.9 Å². The summed E-state index contributed by atoms with van der Waals surface area (Å²) in [6.07, 6.45) is 64.1. The summed E-state index contributed by atoms with van der Waals surface area (Å²) in [5, 5.41) is 23.2. The first-order valence-electron chi connectivity index (χ1n) is 27.7. The van der Waals surface area contributed by atoms with Gasteiger partial charge >= 0.3 is 5.97 Å². The van der Waals surface area contributed by atoms with Crippen LogP contribution < -0.4 is 5.32 Å². The van der Waals surface area contributed by atoms with Crippen LogP contribution in [-0.2, 0) is 14.3 Å². The number of aliphatic hydroxyl groups is 2. The number of aliphatic hydroxyl groups excluding tert-OH is 2. The number of esters is 1. The van der Waals surface area contributed by atoms with Crippen molar-refractivity contribution in [3.05, 3.63) is 36.5 Å². The first-order chi connectivity index (χ1) is 31.0. The van der Waals surface area contributed by atoms with Gasteiger partial charge in [-0.25, -0.2) is 0 Å². The number of hydrogen-bond donors (Lipinski definition) is 3. The van der Waals surface area contributed by atoms with Crippen LogP contribution in [-0.4, -0.2) is 47.4 Å². The van der Waals surface area contributed by atoms with Crippen LogP contribution in [0.2, 0.25) is 0 Å². The average molecular weight is 886 g/mol. The summed E-state index contributed by atoms with van der Waals surface area (Å²) in [4.78, 5) is 24.5. The van der Waals surface area contributed by atoms with Crippen LogP contribution in [0.25, 0.3) is 0 Å². The lowest BCUT2D eigenvalue weighted by Crippen LogP contribution is -2.45. The fourth-order valence-electron chi connectivity index (χ4n) is 8.37. The Hall–Kier alpha value is -1.92. The summed E-state index contributed by atoms with van der Waals surface area (Å²) in [5.74, 6) is -0.0750. The summed E-state index contributed by atoms with van der Waals surface area (Å²) in [6, 6.07) is -0.553. The van der Waals surface area contributed by atoms with Gasteiger partial charge in [0.15, 0.2) is 0 Å². The molecule has 2 unspecified atom stereocenters. The van der Waals surface area contributed by atoms with E-state index in [2.05, 4.69) is 55.6 Å². The highest BCUT2D eigenvalue weighted by atomic mass is 16.5. The van der Waals surface area contributed by atoms with Gasteiger partial charge in [-0.3, -0.25) is 9.59 Å². The van der Waals surface area contributed by atoms with Crippen LogP contribution in [0.1, 0.15) is 290 Å². The molecule has 0 saturated heterocycles. The van der Waals surface area contributed by atoms with Crippen molar-refractivity contribution >= 4 is 11.9 Å². The SMILES string of the molecule is CCCCCCCC/C=C\CCCCCCCC(=O)OCCCCC/C=C\C/C=C\CCCCCCCCCC(=O)NC(CO)C(O)CCCCCCCCCCCCCCCC. The molecule has 0 heterocycles. The van der Waals surface area contributed by atoms with Gasteiger partial charge < -0.3 is 20.3 Å². The number of hydrogen-bond acceptors (Lipinski definition) is 5. The summed E-state index contributed by atoms with van der Waals surface area (Å²) in [7, 11) is 0. The normalized spacial score (nSPS) is 12.9. The predicted molar refractivity (Wildman–Crippen MR) is 273 cm³/mol. The summed E-state index contributed by atoms with van der Waals surface area (Å²) < 4.78 is 5.45. The van der Waals surface area contributed by atoms with E-state index in [1.165, 1.54) is 173 Å². The minimum absolute atomic E-state index is 0.0236. The van der Waals surface area contributed by atoms with Crippen molar-refractivity contribution in [1.29, 1.82) is 0 Å². The van der Waals surface area contributed by atoms with Gasteiger partial charge in [0.2, 0.25) is 5.91 Å². The lowest BCUT2D eigenvalue weighted by molar-refractivity contribution is -0.143. The van der Waals surface area contributed by atoms with Gasteiger partial charge in [-0.2, -0.15) is 0 Å². The van der Waals surface area contributed by atoms with Crippen LogP contribution in [0, 0.1) is 0 Å². The fraction of sp³-hybridized carbons (Fsp3) is 0.860. The number of unbranched alkanes of at least 4 members (excludes halogenated alkanes) is 34. The van der Waals surface area contributed by atoms with Crippen molar-refractivity contribution in [2.75, 3.05) is 13.2 Å². The number of carbonyl (C=O) groups excluding carboxylic acids is 2. The van der Waals surface area contributed by atoms with Crippen molar-refractivity contribution in [2.24, 2.45) is 0 Å². The molecule has 0 aromatic carbocycles. The first-order valence-corrected chi connectivity index (χ1v) is 27.7. The van der Waals surface area contributed by atoms with E-state index in [1.807, 2.05) is 0 Å². The number of ether oxygens (including phenoxy) is 1. The van der Waals surface area contributed by atoms with E-state index in [0.717, 1.165) is 83.5 Å². The van der Waals surface area contributed by atoms with E-state index < -0.39 is 12.1 Å². The van der Waals surface area contributed by atoms with E-state index in [9.17, 15) is 19.8 Å². The highest BCUT2D eigenvalue weighted by molar-refractivity contribution is 5.76. The second-order valence-electron chi connectivity index (χ2n) is 18.9. The molecule has 0 aliphatic rings. The molecule has 0 aliphatic carbocycles. The first kappa shape index (κ1) is 61.1. The third kappa shape index (κ3) is 49.4. The number of amides is 1. The van der Waals surface area contributed by atoms with Crippen molar-refractivity contribution < 1.29 is 24.5 Å². The standard InChI is InChI=1S/C57H107NO5/c1-3-5-7-9-11-13-15-17-22-27-31-35-39-43-47-51-57(62)63-52-48-44-40-36-32-28-24-21-19-20-23-26-30-34-38-42-46-50-56(61)58-54(53-59)55(60)49-45-41-37-33-29-25-18-16-14-12-10-8-6-4-2/h17,19,21-22,28,32,54-55,59-60H,3-16,18,20,23-27,29-31,33-53H2,1-2H3,(H,58,61)/b21-19-,22-17-,32-28-. The lowest BCUT2D eigenvalue weighted by atomic mass is 10.0. The van der Waals surface area contributed by atoms with E-state index in [0.29, 0.717) is 25.9 Å². The Bertz CT molecular complexity index is 1020. The highest BCUT2D eigenvalue weighted by Crippen LogP contribution is 2.16. The van der Waals surface area contributed by atoms with Gasteiger partial charge in [-0.15, -0.1) is 0 Å². The molecule has 1 amide bonds. The minimum Gasteiger partial charge on any atom is -0.466 e. The molecular formula is C57H107NO5. The van der Waals surface area contributed by atoms with E-state index in [-0.39, 0.29) is 18.5 Å². The molecule has 0 radical (unpaired) electrons. The van der Waals surface area contributed by atoms with Crippen molar-refractivity contribution in [3.8, 4) is 0 Å². The van der Waals surface area contributed by atoms with Crippen LogP contribution in [0.3, 0.4) is 0 Å². The molecule has 0 aromatic heterocycles. The Labute approximate surface area is 392 Å². The Morgan fingerprint density at radius 3 is 1.22 bits per heavy atom. The molecular weight excluding hydrogens is 779 g/mol. The maximum atomic E-state index is 12.5.